The second-order valence-corrected chi connectivity index (χ2v) is 3.57. The average Bonchev–Trinajstić information content (AvgIpc) is 2.69. The molecule has 5 heteroatoms. The molecule has 0 spiro atoms. The van der Waals surface area contributed by atoms with Gasteiger partial charge < -0.3 is 14.7 Å². The topological polar surface area (TPSA) is 61.0 Å². The van der Waals surface area contributed by atoms with E-state index in [-0.39, 0.29) is 5.82 Å². The highest BCUT2D eigenvalue weighted by Crippen LogP contribution is 2.18. The molecule has 0 saturated heterocycles. The lowest BCUT2D eigenvalue weighted by Gasteiger charge is -1.95. The van der Waals surface area contributed by atoms with Crippen LogP contribution in [0.1, 0.15) is 11.3 Å². The predicted molar refractivity (Wildman–Crippen MR) is 65.2 cm³/mol. The Labute approximate surface area is 98.2 Å². The summed E-state index contributed by atoms with van der Waals surface area (Å²) in [4.78, 5) is 14.0. The molecule has 0 aliphatic heterocycles. The van der Waals surface area contributed by atoms with E-state index in [1.807, 2.05) is 36.4 Å². The quantitative estimate of drug-likeness (QED) is 0.600. The lowest BCUT2D eigenvalue weighted by molar-refractivity contribution is -0.389. The molecule has 1 heterocycles. The van der Waals surface area contributed by atoms with Crippen molar-refractivity contribution in [1.29, 1.82) is 0 Å². The Bertz CT molecular complexity index is 558. The Balaban J connectivity index is 2.33. The van der Waals surface area contributed by atoms with Crippen LogP contribution in [0.2, 0.25) is 0 Å². The van der Waals surface area contributed by atoms with Crippen molar-refractivity contribution in [1.82, 2.24) is 9.55 Å². The van der Waals surface area contributed by atoms with E-state index in [9.17, 15) is 10.1 Å². The highest BCUT2D eigenvalue weighted by molar-refractivity contribution is 5.71. The summed E-state index contributed by atoms with van der Waals surface area (Å²) >= 11 is 0. The maximum atomic E-state index is 10.7. The van der Waals surface area contributed by atoms with E-state index in [0.717, 1.165) is 5.56 Å². The normalized spacial score (nSPS) is 10.9. The molecule has 0 aliphatic carbocycles. The molecule has 0 bridgehead atoms. The molecular formula is C12H11N3O2. The van der Waals surface area contributed by atoms with Gasteiger partial charge in [0.1, 0.15) is 5.69 Å². The minimum absolute atomic E-state index is 0.125. The number of nitro groups is 1. The van der Waals surface area contributed by atoms with Crippen LogP contribution in [0.15, 0.2) is 36.7 Å². The van der Waals surface area contributed by atoms with Crippen molar-refractivity contribution in [3.8, 4) is 0 Å². The van der Waals surface area contributed by atoms with Crippen LogP contribution in [-0.2, 0) is 7.05 Å². The Hall–Kier alpha value is -2.43. The summed E-state index contributed by atoms with van der Waals surface area (Å²) in [6, 6.07) is 9.61. The average molecular weight is 229 g/mol. The van der Waals surface area contributed by atoms with E-state index in [4.69, 9.17) is 0 Å². The largest absolute Gasteiger partial charge is 0.389 e. The standard InChI is InChI=1S/C12H11N3O2/c1-14-9-13-12(15(16)17)11(14)8-7-10-5-3-2-4-6-10/h2-9H,1H3/b8-7+. The molecule has 0 unspecified atom stereocenters. The first-order valence-electron chi connectivity index (χ1n) is 5.07. The van der Waals surface area contributed by atoms with Crippen LogP contribution in [0.25, 0.3) is 12.2 Å². The minimum Gasteiger partial charge on any atom is -0.358 e. The van der Waals surface area contributed by atoms with Gasteiger partial charge in [-0.2, -0.15) is 0 Å². The maximum Gasteiger partial charge on any atom is 0.389 e. The van der Waals surface area contributed by atoms with Crippen LogP contribution in [0.5, 0.6) is 0 Å². The number of aryl methyl sites for hydroxylation is 1. The summed E-state index contributed by atoms with van der Waals surface area (Å²) in [6.45, 7) is 0. The summed E-state index contributed by atoms with van der Waals surface area (Å²) in [5, 5.41) is 10.7. The van der Waals surface area contributed by atoms with Gasteiger partial charge in [0.2, 0.25) is 6.33 Å². The van der Waals surface area contributed by atoms with Crippen molar-refractivity contribution in [2.75, 3.05) is 0 Å². The van der Waals surface area contributed by atoms with Crippen molar-refractivity contribution in [3.05, 3.63) is 58.0 Å². The molecule has 2 aromatic rings. The molecule has 0 radical (unpaired) electrons. The van der Waals surface area contributed by atoms with Crippen LogP contribution in [0.3, 0.4) is 0 Å². The first-order valence-corrected chi connectivity index (χ1v) is 5.07. The van der Waals surface area contributed by atoms with Crippen LogP contribution in [-0.4, -0.2) is 14.5 Å². The monoisotopic (exact) mass is 229 g/mol. The zero-order valence-corrected chi connectivity index (χ0v) is 9.28. The van der Waals surface area contributed by atoms with Gasteiger partial charge in [-0.15, -0.1) is 0 Å². The van der Waals surface area contributed by atoms with E-state index in [1.54, 1.807) is 17.7 Å². The van der Waals surface area contributed by atoms with Crippen LogP contribution < -0.4 is 0 Å². The zero-order valence-electron chi connectivity index (χ0n) is 9.28. The smallest absolute Gasteiger partial charge is 0.358 e. The number of aromatic nitrogens is 2. The van der Waals surface area contributed by atoms with Gasteiger partial charge in [-0.3, -0.25) is 0 Å². The van der Waals surface area contributed by atoms with Gasteiger partial charge in [0.15, 0.2) is 0 Å². The Morgan fingerprint density at radius 2 is 2.00 bits per heavy atom. The molecule has 0 atom stereocenters. The fourth-order valence-corrected chi connectivity index (χ4v) is 1.50. The number of hydrogen-bond donors (Lipinski definition) is 0. The van der Waals surface area contributed by atoms with E-state index in [2.05, 4.69) is 4.98 Å². The van der Waals surface area contributed by atoms with Crippen molar-refractivity contribution in [2.45, 2.75) is 0 Å². The van der Waals surface area contributed by atoms with Crippen molar-refractivity contribution >= 4 is 18.0 Å². The number of hydrogen-bond acceptors (Lipinski definition) is 3. The molecule has 1 aromatic heterocycles. The summed E-state index contributed by atoms with van der Waals surface area (Å²) in [6.07, 6.45) is 4.95. The first kappa shape index (κ1) is 11.1. The molecular weight excluding hydrogens is 218 g/mol. The number of rotatable bonds is 3. The van der Waals surface area contributed by atoms with Gasteiger partial charge in [0.05, 0.1) is 0 Å². The first-order chi connectivity index (χ1) is 8.18. The van der Waals surface area contributed by atoms with E-state index >= 15 is 0 Å². The number of imidazole rings is 1. The molecule has 1 aromatic carbocycles. The van der Waals surface area contributed by atoms with E-state index in [0.29, 0.717) is 5.69 Å². The van der Waals surface area contributed by atoms with Gasteiger partial charge in [0.25, 0.3) is 0 Å². The summed E-state index contributed by atoms with van der Waals surface area (Å²) < 4.78 is 1.62. The number of nitrogens with zero attached hydrogens (tertiary/aromatic N) is 3. The second kappa shape index (κ2) is 4.61. The third-order valence-electron chi connectivity index (χ3n) is 2.37. The fraction of sp³-hybridized carbons (Fsp3) is 0.0833. The molecule has 0 fully saturated rings. The molecule has 0 amide bonds. The molecule has 17 heavy (non-hydrogen) atoms. The molecule has 0 saturated carbocycles. The SMILES string of the molecule is Cn1cnc([N+](=O)[O-])c1/C=C/c1ccccc1. The number of benzene rings is 1. The Morgan fingerprint density at radius 3 is 2.65 bits per heavy atom. The predicted octanol–water partition coefficient (Wildman–Crippen LogP) is 2.50. The lowest BCUT2D eigenvalue weighted by Crippen LogP contribution is -1.93. The zero-order chi connectivity index (χ0) is 12.3. The van der Waals surface area contributed by atoms with Gasteiger partial charge in [-0.25, -0.2) is 0 Å². The van der Waals surface area contributed by atoms with Crippen molar-refractivity contribution in [2.24, 2.45) is 7.05 Å². The molecule has 86 valence electrons. The van der Waals surface area contributed by atoms with Crippen LogP contribution in [0, 0.1) is 10.1 Å². The van der Waals surface area contributed by atoms with Crippen LogP contribution in [0.4, 0.5) is 5.82 Å². The summed E-state index contributed by atoms with van der Waals surface area (Å²) in [7, 11) is 1.73. The van der Waals surface area contributed by atoms with Gasteiger partial charge >= 0.3 is 5.82 Å². The third-order valence-corrected chi connectivity index (χ3v) is 2.37. The highest BCUT2D eigenvalue weighted by Gasteiger charge is 2.16. The van der Waals surface area contributed by atoms with E-state index in [1.165, 1.54) is 6.33 Å². The van der Waals surface area contributed by atoms with E-state index < -0.39 is 4.92 Å². The molecule has 5 nitrogen and oxygen atoms in total. The van der Waals surface area contributed by atoms with Gasteiger partial charge in [0, 0.05) is 7.05 Å². The molecule has 0 N–H and O–H groups in total. The maximum absolute atomic E-state index is 10.7. The highest BCUT2D eigenvalue weighted by atomic mass is 16.6. The van der Waals surface area contributed by atoms with Crippen molar-refractivity contribution < 1.29 is 4.92 Å². The minimum atomic E-state index is -0.481. The van der Waals surface area contributed by atoms with Crippen molar-refractivity contribution in [3.63, 3.8) is 0 Å². The van der Waals surface area contributed by atoms with Gasteiger partial charge in [-0.05, 0) is 21.5 Å². The Kier molecular flexibility index (Phi) is 3.00. The summed E-state index contributed by atoms with van der Waals surface area (Å²) in [5.41, 5.74) is 1.47. The Morgan fingerprint density at radius 1 is 1.29 bits per heavy atom. The lowest BCUT2D eigenvalue weighted by atomic mass is 10.2. The molecule has 2 rings (SSSR count). The molecule has 0 aliphatic rings. The van der Waals surface area contributed by atoms with Crippen LogP contribution >= 0.6 is 0 Å². The third kappa shape index (κ3) is 2.39. The van der Waals surface area contributed by atoms with Gasteiger partial charge in [-0.1, -0.05) is 36.4 Å². The second-order valence-electron chi connectivity index (χ2n) is 3.57. The summed E-state index contributed by atoms with van der Waals surface area (Å²) in [5.74, 6) is -0.125. The fourth-order valence-electron chi connectivity index (χ4n) is 1.50.